The molecule has 2 aromatic rings. The highest BCUT2D eigenvalue weighted by molar-refractivity contribution is 7.89. The van der Waals surface area contributed by atoms with Gasteiger partial charge in [0.2, 0.25) is 21.9 Å². The lowest BCUT2D eigenvalue weighted by Gasteiger charge is -2.17. The average Bonchev–Trinajstić information content (AvgIpc) is 3.00. The van der Waals surface area contributed by atoms with Crippen LogP contribution in [0.2, 0.25) is 0 Å². The summed E-state index contributed by atoms with van der Waals surface area (Å²) < 4.78 is 28.2. The van der Waals surface area contributed by atoms with E-state index in [9.17, 15) is 18.8 Å². The van der Waals surface area contributed by atoms with E-state index in [-0.39, 0.29) is 22.3 Å². The minimum Gasteiger partial charge on any atom is -0.471 e. The van der Waals surface area contributed by atoms with Gasteiger partial charge in [0.25, 0.3) is 0 Å². The SMILES string of the molecule is N#Cc1cnc(Nc2ccc(S(N)(=O)=O)cc2)nc1O[C@@H]1CCC[C@@H]1O. The van der Waals surface area contributed by atoms with Gasteiger partial charge in [0.15, 0.2) is 0 Å². The number of hydrogen-bond acceptors (Lipinski definition) is 8. The van der Waals surface area contributed by atoms with Gasteiger partial charge < -0.3 is 15.2 Å². The van der Waals surface area contributed by atoms with E-state index < -0.39 is 22.2 Å². The van der Waals surface area contributed by atoms with Crippen molar-refractivity contribution in [2.24, 2.45) is 5.14 Å². The number of ether oxygens (including phenoxy) is 1. The maximum Gasteiger partial charge on any atom is 0.238 e. The van der Waals surface area contributed by atoms with Crippen LogP contribution in [-0.2, 0) is 10.0 Å². The molecule has 1 aliphatic rings. The van der Waals surface area contributed by atoms with Crippen LogP contribution in [0.15, 0.2) is 35.4 Å². The molecule has 0 unspecified atom stereocenters. The van der Waals surface area contributed by atoms with Crippen LogP contribution in [0.1, 0.15) is 24.8 Å². The van der Waals surface area contributed by atoms with Crippen molar-refractivity contribution in [2.75, 3.05) is 5.32 Å². The first-order valence-electron chi connectivity index (χ1n) is 7.88. The van der Waals surface area contributed by atoms with E-state index in [4.69, 9.17) is 9.88 Å². The minimum atomic E-state index is -3.77. The Balaban J connectivity index is 1.80. The number of aromatic nitrogens is 2. The van der Waals surface area contributed by atoms with Crippen molar-refractivity contribution >= 4 is 21.7 Å². The number of anilines is 2. The molecular weight excluding hydrogens is 358 g/mol. The molecule has 0 saturated heterocycles. The van der Waals surface area contributed by atoms with Gasteiger partial charge in [-0.1, -0.05) is 0 Å². The van der Waals surface area contributed by atoms with Crippen molar-refractivity contribution in [1.29, 1.82) is 5.26 Å². The first-order valence-corrected chi connectivity index (χ1v) is 9.43. The number of rotatable bonds is 5. The molecular formula is C16H17N5O4S. The van der Waals surface area contributed by atoms with Gasteiger partial charge in [-0.05, 0) is 43.5 Å². The van der Waals surface area contributed by atoms with Gasteiger partial charge in [-0.3, -0.25) is 0 Å². The van der Waals surface area contributed by atoms with E-state index in [1.165, 1.54) is 30.5 Å². The molecule has 3 rings (SSSR count). The zero-order chi connectivity index (χ0) is 18.7. The van der Waals surface area contributed by atoms with Gasteiger partial charge in [-0.15, -0.1) is 0 Å². The average molecular weight is 375 g/mol. The minimum absolute atomic E-state index is 0.0111. The highest BCUT2D eigenvalue weighted by Gasteiger charge is 2.28. The van der Waals surface area contributed by atoms with Crippen LogP contribution in [0.3, 0.4) is 0 Å². The van der Waals surface area contributed by atoms with Crippen molar-refractivity contribution in [1.82, 2.24) is 9.97 Å². The molecule has 1 saturated carbocycles. The summed E-state index contributed by atoms with van der Waals surface area (Å²) in [7, 11) is -3.77. The van der Waals surface area contributed by atoms with E-state index in [0.29, 0.717) is 18.5 Å². The monoisotopic (exact) mass is 375 g/mol. The second-order valence-corrected chi connectivity index (χ2v) is 7.43. The molecule has 26 heavy (non-hydrogen) atoms. The molecule has 1 aliphatic carbocycles. The van der Waals surface area contributed by atoms with Gasteiger partial charge in [-0.2, -0.15) is 10.2 Å². The third-order valence-electron chi connectivity index (χ3n) is 3.99. The molecule has 0 spiro atoms. The molecule has 10 heteroatoms. The summed E-state index contributed by atoms with van der Waals surface area (Å²) in [6, 6.07) is 7.70. The first-order chi connectivity index (χ1) is 12.4. The highest BCUT2D eigenvalue weighted by Crippen LogP contribution is 2.26. The zero-order valence-electron chi connectivity index (χ0n) is 13.7. The fraction of sp³-hybridized carbons (Fsp3) is 0.312. The van der Waals surface area contributed by atoms with Crippen LogP contribution in [0.4, 0.5) is 11.6 Å². The molecule has 9 nitrogen and oxygen atoms in total. The number of nitrogens with zero attached hydrogens (tertiary/aromatic N) is 3. The number of nitrogens with one attached hydrogen (secondary N) is 1. The summed E-state index contributed by atoms with van der Waals surface area (Å²) in [4.78, 5) is 8.22. The number of sulfonamides is 1. The van der Waals surface area contributed by atoms with Crippen molar-refractivity contribution in [2.45, 2.75) is 36.4 Å². The number of aliphatic hydroxyl groups is 1. The van der Waals surface area contributed by atoms with Crippen molar-refractivity contribution < 1.29 is 18.3 Å². The maximum absolute atomic E-state index is 11.3. The second-order valence-electron chi connectivity index (χ2n) is 5.87. The molecule has 1 fully saturated rings. The lowest BCUT2D eigenvalue weighted by atomic mass is 10.2. The standard InChI is InChI=1S/C16H17N5O4S/c17-8-10-9-19-16(21-15(10)25-14-3-1-2-13(14)22)20-11-4-6-12(7-5-11)26(18,23)24/h4-7,9,13-14,22H,1-3H2,(H2,18,23,24)(H,19,20,21)/t13-,14+/m0/s1. The Hall–Kier alpha value is -2.74. The summed E-state index contributed by atoms with van der Waals surface area (Å²) in [5.74, 6) is 0.270. The van der Waals surface area contributed by atoms with Crippen molar-refractivity contribution in [3.05, 3.63) is 36.0 Å². The van der Waals surface area contributed by atoms with Crippen molar-refractivity contribution in [3.8, 4) is 11.9 Å². The van der Waals surface area contributed by atoms with Crippen molar-refractivity contribution in [3.63, 3.8) is 0 Å². The number of aliphatic hydroxyl groups excluding tert-OH is 1. The van der Waals surface area contributed by atoms with E-state index in [1.54, 1.807) is 0 Å². The zero-order valence-corrected chi connectivity index (χ0v) is 14.5. The molecule has 2 atom stereocenters. The van der Waals surface area contributed by atoms with Gasteiger partial charge in [0, 0.05) is 5.69 Å². The normalized spacial score (nSPS) is 19.7. The highest BCUT2D eigenvalue weighted by atomic mass is 32.2. The number of primary sulfonamides is 1. The number of benzene rings is 1. The Morgan fingerprint density at radius 3 is 2.62 bits per heavy atom. The smallest absolute Gasteiger partial charge is 0.238 e. The predicted molar refractivity (Wildman–Crippen MR) is 92.1 cm³/mol. The molecule has 0 radical (unpaired) electrons. The molecule has 1 heterocycles. The van der Waals surface area contributed by atoms with Crippen LogP contribution >= 0.6 is 0 Å². The summed E-state index contributed by atoms with van der Waals surface area (Å²) in [5, 5.41) is 27.0. The van der Waals surface area contributed by atoms with Crippen LogP contribution < -0.4 is 15.2 Å². The fourth-order valence-electron chi connectivity index (χ4n) is 2.64. The Morgan fingerprint density at radius 2 is 2.04 bits per heavy atom. The summed E-state index contributed by atoms with van der Waals surface area (Å²) in [6.07, 6.45) is 2.52. The Bertz CT molecular complexity index is 940. The lowest BCUT2D eigenvalue weighted by molar-refractivity contribution is 0.0572. The largest absolute Gasteiger partial charge is 0.471 e. The van der Waals surface area contributed by atoms with Crippen LogP contribution in [0, 0.1) is 11.3 Å². The Kier molecular flexibility index (Phi) is 5.03. The van der Waals surface area contributed by atoms with Gasteiger partial charge in [0.1, 0.15) is 17.7 Å². The fourth-order valence-corrected chi connectivity index (χ4v) is 3.15. The number of hydrogen-bond donors (Lipinski definition) is 3. The molecule has 0 aliphatic heterocycles. The van der Waals surface area contributed by atoms with Crippen LogP contribution in [-0.4, -0.2) is 35.7 Å². The topological polar surface area (TPSA) is 151 Å². The number of nitrogens with two attached hydrogens (primary N) is 1. The van der Waals surface area contributed by atoms with Gasteiger partial charge in [0.05, 0.1) is 17.2 Å². The predicted octanol–water partition coefficient (Wildman–Crippen LogP) is 1.03. The molecule has 0 amide bonds. The van der Waals surface area contributed by atoms with E-state index >= 15 is 0 Å². The van der Waals surface area contributed by atoms with Gasteiger partial charge >= 0.3 is 0 Å². The first kappa shape index (κ1) is 18.1. The van der Waals surface area contributed by atoms with E-state index in [2.05, 4.69) is 15.3 Å². The Labute approximate surface area is 150 Å². The van der Waals surface area contributed by atoms with E-state index in [0.717, 1.165) is 6.42 Å². The van der Waals surface area contributed by atoms with Gasteiger partial charge in [-0.25, -0.2) is 18.5 Å². The lowest BCUT2D eigenvalue weighted by Crippen LogP contribution is -2.26. The molecule has 1 aromatic carbocycles. The summed E-state index contributed by atoms with van der Waals surface area (Å²) in [6.45, 7) is 0. The Morgan fingerprint density at radius 1 is 1.31 bits per heavy atom. The second kappa shape index (κ2) is 7.25. The summed E-state index contributed by atoms with van der Waals surface area (Å²) in [5.41, 5.74) is 0.702. The number of nitriles is 1. The molecule has 136 valence electrons. The van der Waals surface area contributed by atoms with Crippen LogP contribution in [0.25, 0.3) is 0 Å². The van der Waals surface area contributed by atoms with Crippen LogP contribution in [0.5, 0.6) is 5.88 Å². The molecule has 1 aromatic heterocycles. The summed E-state index contributed by atoms with van der Waals surface area (Å²) >= 11 is 0. The molecule has 0 bridgehead atoms. The maximum atomic E-state index is 11.3. The van der Waals surface area contributed by atoms with E-state index in [1.807, 2.05) is 6.07 Å². The third-order valence-corrected chi connectivity index (χ3v) is 4.92. The third kappa shape index (κ3) is 4.08. The molecule has 4 N–H and O–H groups in total. The quantitative estimate of drug-likeness (QED) is 0.701.